The van der Waals surface area contributed by atoms with Gasteiger partial charge in [0.15, 0.2) is 0 Å². The van der Waals surface area contributed by atoms with Gasteiger partial charge in [0.25, 0.3) is 0 Å². The minimum Gasteiger partial charge on any atom is -0.392 e. The summed E-state index contributed by atoms with van der Waals surface area (Å²) in [5, 5.41) is 12.7. The molecular formula is C9H19NO. The Bertz CT molecular complexity index is 102. The van der Waals surface area contributed by atoms with Crippen LogP contribution >= 0.6 is 0 Å². The molecule has 0 amide bonds. The molecule has 1 aliphatic carbocycles. The van der Waals surface area contributed by atoms with Crippen LogP contribution < -0.4 is 5.32 Å². The van der Waals surface area contributed by atoms with Crippen LogP contribution in [0, 0.1) is 0 Å². The smallest absolute Gasteiger partial charge is 0.0664 e. The maximum Gasteiger partial charge on any atom is 0.0664 e. The molecule has 66 valence electrons. The van der Waals surface area contributed by atoms with Crippen molar-refractivity contribution in [1.82, 2.24) is 5.32 Å². The molecule has 0 aromatic rings. The van der Waals surface area contributed by atoms with Gasteiger partial charge in [0.1, 0.15) is 0 Å². The molecule has 0 aromatic carbocycles. The van der Waals surface area contributed by atoms with E-state index in [-0.39, 0.29) is 6.10 Å². The van der Waals surface area contributed by atoms with Crippen molar-refractivity contribution in [3.63, 3.8) is 0 Å². The number of hydrogen-bond acceptors (Lipinski definition) is 2. The highest BCUT2D eigenvalue weighted by atomic mass is 16.3. The molecule has 0 aliphatic heterocycles. The third-order valence-electron chi connectivity index (χ3n) is 2.11. The Balaban J connectivity index is 1.87. The van der Waals surface area contributed by atoms with E-state index in [1.165, 1.54) is 19.3 Å². The zero-order valence-corrected chi connectivity index (χ0v) is 7.34. The lowest BCUT2D eigenvalue weighted by Crippen LogP contribution is -2.28. The zero-order chi connectivity index (χ0) is 8.10. The Morgan fingerprint density at radius 1 is 1.55 bits per heavy atom. The summed E-state index contributed by atoms with van der Waals surface area (Å²) in [7, 11) is 0. The molecule has 1 saturated carbocycles. The van der Waals surface area contributed by atoms with Crippen LogP contribution in [-0.2, 0) is 0 Å². The third kappa shape index (κ3) is 4.38. The Kier molecular flexibility index (Phi) is 3.87. The molecule has 0 spiro atoms. The Hall–Kier alpha value is -0.0800. The topological polar surface area (TPSA) is 32.3 Å². The molecule has 1 fully saturated rings. The van der Waals surface area contributed by atoms with Gasteiger partial charge in [-0.15, -0.1) is 0 Å². The maximum absolute atomic E-state index is 9.39. The average Bonchev–Trinajstić information content (AvgIpc) is 2.80. The van der Waals surface area contributed by atoms with Gasteiger partial charge in [-0.2, -0.15) is 0 Å². The largest absolute Gasteiger partial charge is 0.392 e. The second-order valence-electron chi connectivity index (χ2n) is 3.48. The number of aliphatic hydroxyl groups excluding tert-OH is 1. The summed E-state index contributed by atoms with van der Waals surface area (Å²) in [5.74, 6) is 0. The summed E-state index contributed by atoms with van der Waals surface area (Å²) in [6, 6.07) is 0.728. The normalized spacial score (nSPS) is 20.2. The predicted molar refractivity (Wildman–Crippen MR) is 46.6 cm³/mol. The van der Waals surface area contributed by atoms with E-state index in [1.54, 1.807) is 0 Å². The first-order chi connectivity index (χ1) is 5.33. The minimum atomic E-state index is -0.115. The number of rotatable bonds is 6. The highest BCUT2D eigenvalue weighted by Gasteiger charge is 2.20. The highest BCUT2D eigenvalue weighted by molar-refractivity contribution is 4.81. The number of aliphatic hydroxyl groups is 1. The zero-order valence-electron chi connectivity index (χ0n) is 7.34. The van der Waals surface area contributed by atoms with Crippen LogP contribution in [0.5, 0.6) is 0 Å². The van der Waals surface area contributed by atoms with Gasteiger partial charge in [0, 0.05) is 12.6 Å². The summed E-state index contributed by atoms with van der Waals surface area (Å²) in [5.41, 5.74) is 0. The standard InChI is InChI=1S/C9H19NO/c1-2-3-4-9(11)7-10-8-5-6-8/h8-11H,2-7H2,1H3. The predicted octanol–water partition coefficient (Wildman–Crippen LogP) is 1.29. The van der Waals surface area contributed by atoms with Crippen molar-refractivity contribution >= 4 is 0 Å². The molecule has 0 saturated heterocycles. The van der Waals surface area contributed by atoms with Gasteiger partial charge in [-0.05, 0) is 19.3 Å². The van der Waals surface area contributed by atoms with E-state index < -0.39 is 0 Å². The molecule has 2 N–H and O–H groups in total. The molecule has 11 heavy (non-hydrogen) atoms. The number of unbranched alkanes of at least 4 members (excludes halogenated alkanes) is 1. The molecule has 0 aromatic heterocycles. The maximum atomic E-state index is 9.39. The van der Waals surface area contributed by atoms with Gasteiger partial charge in [-0.25, -0.2) is 0 Å². The second-order valence-corrected chi connectivity index (χ2v) is 3.48. The first kappa shape index (κ1) is 9.01. The van der Waals surface area contributed by atoms with Crippen molar-refractivity contribution in [3.8, 4) is 0 Å². The van der Waals surface area contributed by atoms with Crippen molar-refractivity contribution in [2.45, 2.75) is 51.2 Å². The molecule has 1 rings (SSSR count). The summed E-state index contributed by atoms with van der Waals surface area (Å²) < 4.78 is 0. The van der Waals surface area contributed by atoms with E-state index in [9.17, 15) is 5.11 Å². The first-order valence-electron chi connectivity index (χ1n) is 4.74. The molecule has 0 radical (unpaired) electrons. The van der Waals surface area contributed by atoms with Crippen molar-refractivity contribution in [1.29, 1.82) is 0 Å². The van der Waals surface area contributed by atoms with Crippen molar-refractivity contribution in [2.75, 3.05) is 6.54 Å². The fourth-order valence-electron chi connectivity index (χ4n) is 1.13. The van der Waals surface area contributed by atoms with Crippen LogP contribution in [0.15, 0.2) is 0 Å². The van der Waals surface area contributed by atoms with Crippen molar-refractivity contribution in [2.24, 2.45) is 0 Å². The fraction of sp³-hybridized carbons (Fsp3) is 1.00. The molecule has 0 heterocycles. The van der Waals surface area contributed by atoms with Gasteiger partial charge in [0.2, 0.25) is 0 Å². The summed E-state index contributed by atoms with van der Waals surface area (Å²) >= 11 is 0. The Labute approximate surface area is 69.0 Å². The van der Waals surface area contributed by atoms with E-state index in [1.807, 2.05) is 0 Å². The summed E-state index contributed by atoms with van der Waals surface area (Å²) in [6.45, 7) is 2.95. The molecule has 1 aliphatic rings. The van der Waals surface area contributed by atoms with Crippen LogP contribution in [0.1, 0.15) is 39.0 Å². The van der Waals surface area contributed by atoms with Crippen molar-refractivity contribution in [3.05, 3.63) is 0 Å². The van der Waals surface area contributed by atoms with Gasteiger partial charge in [-0.3, -0.25) is 0 Å². The van der Waals surface area contributed by atoms with E-state index >= 15 is 0 Å². The van der Waals surface area contributed by atoms with Crippen LogP contribution in [0.2, 0.25) is 0 Å². The van der Waals surface area contributed by atoms with Gasteiger partial charge < -0.3 is 10.4 Å². The van der Waals surface area contributed by atoms with Gasteiger partial charge >= 0.3 is 0 Å². The lowest BCUT2D eigenvalue weighted by molar-refractivity contribution is 0.158. The fourth-order valence-corrected chi connectivity index (χ4v) is 1.13. The molecule has 2 nitrogen and oxygen atoms in total. The number of hydrogen-bond donors (Lipinski definition) is 2. The molecule has 2 heteroatoms. The highest BCUT2D eigenvalue weighted by Crippen LogP contribution is 2.18. The lowest BCUT2D eigenvalue weighted by Gasteiger charge is -2.09. The first-order valence-corrected chi connectivity index (χ1v) is 4.74. The SMILES string of the molecule is CCCCC(O)CNC1CC1. The third-order valence-corrected chi connectivity index (χ3v) is 2.11. The monoisotopic (exact) mass is 157 g/mol. The second kappa shape index (κ2) is 4.73. The Morgan fingerprint density at radius 2 is 2.27 bits per heavy atom. The molecular weight excluding hydrogens is 138 g/mol. The van der Waals surface area contributed by atoms with Crippen molar-refractivity contribution < 1.29 is 5.11 Å². The number of nitrogens with one attached hydrogen (secondary N) is 1. The summed E-state index contributed by atoms with van der Waals surface area (Å²) in [6.07, 6.45) is 5.78. The van der Waals surface area contributed by atoms with E-state index in [0.29, 0.717) is 0 Å². The van der Waals surface area contributed by atoms with Gasteiger partial charge in [-0.1, -0.05) is 19.8 Å². The molecule has 1 atom stereocenters. The van der Waals surface area contributed by atoms with Gasteiger partial charge in [0.05, 0.1) is 6.10 Å². The van der Waals surface area contributed by atoms with E-state index in [2.05, 4.69) is 12.2 Å². The minimum absolute atomic E-state index is 0.115. The molecule has 0 bridgehead atoms. The molecule has 1 unspecified atom stereocenters. The van der Waals surface area contributed by atoms with Crippen LogP contribution in [0.3, 0.4) is 0 Å². The van der Waals surface area contributed by atoms with Crippen LogP contribution in [-0.4, -0.2) is 23.8 Å². The van der Waals surface area contributed by atoms with Crippen LogP contribution in [0.4, 0.5) is 0 Å². The van der Waals surface area contributed by atoms with E-state index in [0.717, 1.165) is 25.4 Å². The lowest BCUT2D eigenvalue weighted by atomic mass is 10.1. The quantitative estimate of drug-likeness (QED) is 0.609. The Morgan fingerprint density at radius 3 is 2.82 bits per heavy atom. The van der Waals surface area contributed by atoms with Crippen LogP contribution in [0.25, 0.3) is 0 Å². The summed E-state index contributed by atoms with van der Waals surface area (Å²) in [4.78, 5) is 0. The average molecular weight is 157 g/mol. The van der Waals surface area contributed by atoms with E-state index in [4.69, 9.17) is 0 Å².